The van der Waals surface area contributed by atoms with Gasteiger partial charge in [-0.2, -0.15) is 5.10 Å². The summed E-state index contributed by atoms with van der Waals surface area (Å²) in [5.74, 6) is -0.505. The Morgan fingerprint density at radius 2 is 2.24 bits per heavy atom. The molecule has 0 amide bonds. The number of hydrogen-bond donors (Lipinski definition) is 1. The zero-order valence-corrected chi connectivity index (χ0v) is 11.2. The third-order valence-corrected chi connectivity index (χ3v) is 3.30. The molecule has 1 atom stereocenters. The Labute approximate surface area is 111 Å². The lowest BCUT2D eigenvalue weighted by atomic mass is 10.1. The van der Waals surface area contributed by atoms with Gasteiger partial charge in [0.25, 0.3) is 0 Å². The first-order valence-corrected chi connectivity index (χ1v) is 5.98. The fraction of sp³-hybridized carbons (Fsp3) is 0.182. The molecule has 2 aromatic rings. The average Bonchev–Trinajstić information content (AvgIpc) is 2.61. The molecular formula is C11H9BrClFN2O. The third kappa shape index (κ3) is 2.36. The quantitative estimate of drug-likeness (QED) is 0.924. The summed E-state index contributed by atoms with van der Waals surface area (Å²) in [4.78, 5) is 0. The van der Waals surface area contributed by atoms with E-state index in [1.165, 1.54) is 22.9 Å². The summed E-state index contributed by atoms with van der Waals surface area (Å²) in [6.45, 7) is 0. The highest BCUT2D eigenvalue weighted by atomic mass is 79.9. The molecule has 1 unspecified atom stereocenters. The minimum absolute atomic E-state index is 0.127. The van der Waals surface area contributed by atoms with E-state index in [9.17, 15) is 9.50 Å². The van der Waals surface area contributed by atoms with Gasteiger partial charge in [-0.05, 0) is 34.1 Å². The van der Waals surface area contributed by atoms with E-state index in [2.05, 4.69) is 21.0 Å². The van der Waals surface area contributed by atoms with Crippen LogP contribution in [0.4, 0.5) is 4.39 Å². The summed E-state index contributed by atoms with van der Waals surface area (Å²) in [5.41, 5.74) is 0.605. The van der Waals surface area contributed by atoms with Gasteiger partial charge in [0.05, 0.1) is 16.4 Å². The van der Waals surface area contributed by atoms with Crippen LogP contribution in [0.2, 0.25) is 5.02 Å². The molecule has 1 aromatic heterocycles. The largest absolute Gasteiger partial charge is 0.382 e. The fourth-order valence-corrected chi connectivity index (χ4v) is 2.34. The van der Waals surface area contributed by atoms with Gasteiger partial charge in [0.1, 0.15) is 11.9 Å². The molecule has 0 fully saturated rings. The Kier molecular flexibility index (Phi) is 3.51. The summed E-state index contributed by atoms with van der Waals surface area (Å²) in [6.07, 6.45) is 0.427. The van der Waals surface area contributed by atoms with E-state index in [1.807, 2.05) is 0 Å². The molecule has 0 spiro atoms. The number of benzene rings is 1. The predicted octanol–water partition coefficient (Wildman–Crippen LogP) is 3.06. The van der Waals surface area contributed by atoms with E-state index >= 15 is 0 Å². The predicted molar refractivity (Wildman–Crippen MR) is 66.4 cm³/mol. The number of halogens is 3. The molecule has 90 valence electrons. The smallest absolute Gasteiger partial charge is 0.129 e. The third-order valence-electron chi connectivity index (χ3n) is 2.45. The van der Waals surface area contributed by atoms with Crippen molar-refractivity contribution in [2.75, 3.05) is 0 Å². The van der Waals surface area contributed by atoms with Crippen molar-refractivity contribution >= 4 is 27.5 Å². The number of hydrogen-bond acceptors (Lipinski definition) is 2. The highest BCUT2D eigenvalue weighted by molar-refractivity contribution is 9.10. The molecule has 3 nitrogen and oxygen atoms in total. The number of aromatic nitrogens is 2. The number of aliphatic hydroxyl groups excluding tert-OH is 1. The van der Waals surface area contributed by atoms with Crippen LogP contribution in [0, 0.1) is 5.82 Å². The highest BCUT2D eigenvalue weighted by Gasteiger charge is 2.21. The van der Waals surface area contributed by atoms with Crippen molar-refractivity contribution in [1.29, 1.82) is 0 Å². The number of aliphatic hydroxyl groups is 1. The molecular weight excluding hydrogens is 310 g/mol. The van der Waals surface area contributed by atoms with Crippen molar-refractivity contribution in [2.24, 2.45) is 7.05 Å². The van der Waals surface area contributed by atoms with E-state index in [-0.39, 0.29) is 5.56 Å². The summed E-state index contributed by atoms with van der Waals surface area (Å²) in [5, 5.41) is 14.5. The van der Waals surface area contributed by atoms with Gasteiger partial charge in [0, 0.05) is 17.6 Å². The maximum atomic E-state index is 13.6. The standard InChI is InChI=1S/C11H9BrClFN2O/c1-16-10(8(12)5-15-16)11(17)7-4-6(13)2-3-9(7)14/h2-5,11,17H,1H3. The van der Waals surface area contributed by atoms with Crippen molar-refractivity contribution in [3.63, 3.8) is 0 Å². The number of aryl methyl sites for hydroxylation is 1. The van der Waals surface area contributed by atoms with Gasteiger partial charge in [-0.15, -0.1) is 0 Å². The first-order valence-electron chi connectivity index (χ1n) is 4.81. The van der Waals surface area contributed by atoms with Crippen LogP contribution in [-0.2, 0) is 7.05 Å². The van der Waals surface area contributed by atoms with Gasteiger partial charge in [-0.3, -0.25) is 4.68 Å². The van der Waals surface area contributed by atoms with Crippen molar-refractivity contribution in [2.45, 2.75) is 6.10 Å². The topological polar surface area (TPSA) is 38.0 Å². The second kappa shape index (κ2) is 4.76. The van der Waals surface area contributed by atoms with Gasteiger partial charge in [0.2, 0.25) is 0 Å². The lowest BCUT2D eigenvalue weighted by Gasteiger charge is -2.13. The highest BCUT2D eigenvalue weighted by Crippen LogP contribution is 2.30. The van der Waals surface area contributed by atoms with E-state index in [1.54, 1.807) is 13.2 Å². The van der Waals surface area contributed by atoms with Crippen molar-refractivity contribution in [3.8, 4) is 0 Å². The van der Waals surface area contributed by atoms with Gasteiger partial charge in [0.15, 0.2) is 0 Å². The van der Waals surface area contributed by atoms with Crippen LogP contribution in [0.15, 0.2) is 28.9 Å². The van der Waals surface area contributed by atoms with Gasteiger partial charge in [-0.1, -0.05) is 11.6 Å². The summed E-state index contributed by atoms with van der Waals surface area (Å²) < 4.78 is 15.7. The lowest BCUT2D eigenvalue weighted by Crippen LogP contribution is -2.09. The average molecular weight is 320 g/mol. The van der Waals surface area contributed by atoms with Crippen molar-refractivity contribution < 1.29 is 9.50 Å². The Morgan fingerprint density at radius 3 is 2.82 bits per heavy atom. The van der Waals surface area contributed by atoms with Gasteiger partial charge in [-0.25, -0.2) is 4.39 Å². The Morgan fingerprint density at radius 1 is 1.53 bits per heavy atom. The molecule has 1 heterocycles. The molecule has 0 saturated heterocycles. The van der Waals surface area contributed by atoms with Gasteiger partial charge < -0.3 is 5.11 Å². The Hall–Kier alpha value is -0.910. The van der Waals surface area contributed by atoms with Crippen LogP contribution in [0.25, 0.3) is 0 Å². The molecule has 2 rings (SSSR count). The summed E-state index contributed by atoms with van der Waals surface area (Å²) in [6, 6.07) is 4.07. The minimum Gasteiger partial charge on any atom is -0.382 e. The molecule has 1 N–H and O–H groups in total. The molecule has 6 heteroatoms. The molecule has 0 aliphatic carbocycles. The maximum Gasteiger partial charge on any atom is 0.129 e. The van der Waals surface area contributed by atoms with Crippen LogP contribution < -0.4 is 0 Å². The van der Waals surface area contributed by atoms with Crippen LogP contribution in [-0.4, -0.2) is 14.9 Å². The molecule has 0 saturated carbocycles. The summed E-state index contributed by atoms with van der Waals surface area (Å²) in [7, 11) is 1.67. The van der Waals surface area contributed by atoms with Gasteiger partial charge >= 0.3 is 0 Å². The Bertz CT molecular complexity index is 539. The molecule has 0 bridgehead atoms. The van der Waals surface area contributed by atoms with Crippen LogP contribution in [0.1, 0.15) is 17.4 Å². The molecule has 0 radical (unpaired) electrons. The van der Waals surface area contributed by atoms with E-state index in [0.717, 1.165) is 0 Å². The monoisotopic (exact) mass is 318 g/mol. The zero-order chi connectivity index (χ0) is 12.6. The van der Waals surface area contributed by atoms with Crippen LogP contribution >= 0.6 is 27.5 Å². The van der Waals surface area contributed by atoms with Crippen LogP contribution in [0.5, 0.6) is 0 Å². The van der Waals surface area contributed by atoms with E-state index in [0.29, 0.717) is 15.2 Å². The fourth-order valence-electron chi connectivity index (χ4n) is 1.60. The second-order valence-corrected chi connectivity index (χ2v) is 4.86. The molecule has 0 aliphatic heterocycles. The molecule has 0 aliphatic rings. The first-order chi connectivity index (χ1) is 8.00. The van der Waals surface area contributed by atoms with E-state index in [4.69, 9.17) is 11.6 Å². The SMILES string of the molecule is Cn1ncc(Br)c1C(O)c1cc(Cl)ccc1F. The maximum absolute atomic E-state index is 13.6. The first kappa shape index (κ1) is 12.5. The zero-order valence-electron chi connectivity index (χ0n) is 8.86. The molecule has 17 heavy (non-hydrogen) atoms. The minimum atomic E-state index is -1.12. The van der Waals surface area contributed by atoms with Crippen LogP contribution in [0.3, 0.4) is 0 Å². The van der Waals surface area contributed by atoms with Crippen molar-refractivity contribution in [3.05, 3.63) is 51.0 Å². The number of nitrogens with zero attached hydrogens (tertiary/aromatic N) is 2. The van der Waals surface area contributed by atoms with Crippen molar-refractivity contribution in [1.82, 2.24) is 9.78 Å². The second-order valence-electron chi connectivity index (χ2n) is 3.57. The van der Waals surface area contributed by atoms with E-state index < -0.39 is 11.9 Å². The lowest BCUT2D eigenvalue weighted by molar-refractivity contribution is 0.204. The summed E-state index contributed by atoms with van der Waals surface area (Å²) >= 11 is 9.05. The normalized spacial score (nSPS) is 12.8. The number of rotatable bonds is 2. The molecule has 1 aromatic carbocycles. The Balaban J connectivity index is 2.50.